The fraction of sp³-hybridized carbons (Fsp3) is 0.905. The van der Waals surface area contributed by atoms with Crippen LogP contribution in [0.1, 0.15) is 47.0 Å². The molecule has 0 radical (unpaired) electrons. The molecule has 0 heterocycles. The first-order valence-electron chi connectivity index (χ1n) is 10.8. The minimum atomic E-state index is -0.0973. The first-order valence-corrected chi connectivity index (χ1v) is 10.8. The van der Waals surface area contributed by atoms with Crippen molar-refractivity contribution in [2.45, 2.75) is 47.0 Å². The lowest BCUT2D eigenvalue weighted by molar-refractivity contribution is -0.126. The maximum absolute atomic E-state index is 11.4. The van der Waals surface area contributed by atoms with Crippen molar-refractivity contribution >= 4 is 11.8 Å². The predicted octanol–water partition coefficient (Wildman–Crippen LogP) is 1.77. The molecule has 2 amide bonds. The lowest BCUT2D eigenvalue weighted by atomic mass is 10.2. The number of carbonyl (C=O) groups is 2. The van der Waals surface area contributed by atoms with Gasteiger partial charge in [-0.05, 0) is 25.2 Å². The lowest BCUT2D eigenvalue weighted by Crippen LogP contribution is -2.31. The van der Waals surface area contributed by atoms with Gasteiger partial charge in [-0.15, -0.1) is 0 Å². The molecule has 0 bridgehead atoms. The summed E-state index contributed by atoms with van der Waals surface area (Å²) in [5.74, 6) is 0.492. The van der Waals surface area contributed by atoms with E-state index in [4.69, 9.17) is 18.9 Å². The Morgan fingerprint density at radius 2 is 1.24 bits per heavy atom. The van der Waals surface area contributed by atoms with Gasteiger partial charge in [0.05, 0.1) is 39.6 Å². The van der Waals surface area contributed by atoms with E-state index in [1.165, 1.54) is 0 Å². The number of ether oxygens (including phenoxy) is 4. The van der Waals surface area contributed by atoms with Crippen LogP contribution in [-0.4, -0.2) is 77.8 Å². The Labute approximate surface area is 176 Å². The number of hydrogen-bond donors (Lipinski definition) is 2. The van der Waals surface area contributed by atoms with Gasteiger partial charge in [0.1, 0.15) is 6.61 Å². The van der Waals surface area contributed by atoms with Gasteiger partial charge in [-0.3, -0.25) is 9.59 Å². The van der Waals surface area contributed by atoms with Gasteiger partial charge in [-0.2, -0.15) is 0 Å². The van der Waals surface area contributed by atoms with Gasteiger partial charge < -0.3 is 29.6 Å². The normalized spacial score (nSPS) is 11.2. The summed E-state index contributed by atoms with van der Waals surface area (Å²) >= 11 is 0. The van der Waals surface area contributed by atoms with Crippen LogP contribution in [0.15, 0.2) is 0 Å². The maximum atomic E-state index is 11.4. The minimum absolute atomic E-state index is 0.0460. The van der Waals surface area contributed by atoms with Crippen LogP contribution in [0.5, 0.6) is 0 Å². The van der Waals surface area contributed by atoms with E-state index in [0.717, 1.165) is 25.8 Å². The second kappa shape index (κ2) is 20.1. The van der Waals surface area contributed by atoms with E-state index in [2.05, 4.69) is 10.6 Å². The molecule has 2 N–H and O–H groups in total. The Bertz CT molecular complexity index is 405. The zero-order valence-corrected chi connectivity index (χ0v) is 18.8. The van der Waals surface area contributed by atoms with Gasteiger partial charge in [0.15, 0.2) is 0 Å². The molecule has 0 aromatic heterocycles. The molecule has 8 nitrogen and oxygen atoms in total. The molecule has 0 rings (SSSR count). The zero-order valence-electron chi connectivity index (χ0n) is 18.8. The second-order valence-electron chi connectivity index (χ2n) is 7.59. The number of nitrogens with one attached hydrogen (secondary N) is 2. The van der Waals surface area contributed by atoms with Crippen LogP contribution in [-0.2, 0) is 28.5 Å². The van der Waals surface area contributed by atoms with Crippen molar-refractivity contribution in [1.82, 2.24) is 10.6 Å². The van der Waals surface area contributed by atoms with Crippen molar-refractivity contribution in [3.05, 3.63) is 0 Å². The van der Waals surface area contributed by atoms with Gasteiger partial charge >= 0.3 is 0 Å². The summed E-state index contributed by atoms with van der Waals surface area (Å²) in [6, 6.07) is 0. The molecule has 0 spiro atoms. The molecular weight excluding hydrogens is 376 g/mol. The molecule has 0 aromatic rings. The van der Waals surface area contributed by atoms with Crippen LogP contribution in [0, 0.1) is 11.8 Å². The summed E-state index contributed by atoms with van der Waals surface area (Å²) in [5, 5.41) is 5.70. The highest BCUT2D eigenvalue weighted by molar-refractivity contribution is 5.77. The molecular formula is C21H42N2O6. The predicted molar refractivity (Wildman–Crippen MR) is 113 cm³/mol. The van der Waals surface area contributed by atoms with Crippen molar-refractivity contribution in [3.63, 3.8) is 0 Å². The topological polar surface area (TPSA) is 95.1 Å². The van der Waals surface area contributed by atoms with Crippen LogP contribution in [0.4, 0.5) is 0 Å². The number of unbranched alkanes of at least 4 members (excludes halogenated alkanes) is 2. The molecule has 0 aromatic carbocycles. The molecule has 0 aliphatic heterocycles. The number of hydrogen-bond acceptors (Lipinski definition) is 6. The first kappa shape index (κ1) is 27.8. The molecule has 0 aliphatic carbocycles. The third-order valence-electron chi connectivity index (χ3n) is 3.85. The van der Waals surface area contributed by atoms with Crippen molar-refractivity contribution in [1.29, 1.82) is 0 Å². The second-order valence-corrected chi connectivity index (χ2v) is 7.59. The molecule has 0 saturated carbocycles. The molecule has 0 saturated heterocycles. The largest absolute Gasteiger partial charge is 0.379 e. The van der Waals surface area contributed by atoms with Gasteiger partial charge in [-0.25, -0.2) is 0 Å². The van der Waals surface area contributed by atoms with E-state index in [1.807, 2.05) is 27.7 Å². The fourth-order valence-electron chi connectivity index (χ4n) is 2.12. The summed E-state index contributed by atoms with van der Waals surface area (Å²) in [6.07, 6.45) is 2.99. The molecule has 0 atom stereocenters. The quantitative estimate of drug-likeness (QED) is 0.293. The lowest BCUT2D eigenvalue weighted by Gasteiger charge is -2.09. The van der Waals surface area contributed by atoms with Crippen molar-refractivity contribution in [2.75, 3.05) is 65.9 Å². The standard InChI is InChI=1S/C21H42N2O6/c1-18(2)16-23-20(24)17-29-15-14-28-13-12-27-11-10-26-9-7-5-6-8-22-21(25)19(3)4/h18-19H,5-17H2,1-4H3,(H,22,25)(H,23,24). The monoisotopic (exact) mass is 418 g/mol. The summed E-state index contributed by atoms with van der Waals surface area (Å²) in [7, 11) is 0. The molecule has 0 fully saturated rings. The minimum Gasteiger partial charge on any atom is -0.379 e. The summed E-state index contributed by atoms with van der Waals surface area (Å²) < 4.78 is 21.5. The average molecular weight is 419 g/mol. The Morgan fingerprint density at radius 1 is 0.690 bits per heavy atom. The fourth-order valence-corrected chi connectivity index (χ4v) is 2.12. The number of carbonyl (C=O) groups excluding carboxylic acids is 2. The maximum Gasteiger partial charge on any atom is 0.246 e. The van der Waals surface area contributed by atoms with E-state index in [1.54, 1.807) is 0 Å². The van der Waals surface area contributed by atoms with Crippen molar-refractivity contribution < 1.29 is 28.5 Å². The Kier molecular flexibility index (Phi) is 19.2. The van der Waals surface area contributed by atoms with Crippen LogP contribution in [0.2, 0.25) is 0 Å². The highest BCUT2D eigenvalue weighted by atomic mass is 16.6. The molecule has 0 aliphatic rings. The third-order valence-corrected chi connectivity index (χ3v) is 3.85. The molecule has 29 heavy (non-hydrogen) atoms. The Hall–Kier alpha value is -1.22. The molecule has 0 unspecified atom stereocenters. The SMILES string of the molecule is CC(C)CNC(=O)COCCOCCOCCOCCCCCNC(=O)C(C)C. The van der Waals surface area contributed by atoms with Crippen LogP contribution in [0.3, 0.4) is 0 Å². The number of rotatable bonds is 20. The van der Waals surface area contributed by atoms with E-state index >= 15 is 0 Å². The van der Waals surface area contributed by atoms with E-state index in [0.29, 0.717) is 58.7 Å². The summed E-state index contributed by atoms with van der Waals surface area (Å²) in [6.45, 7) is 13.0. The van der Waals surface area contributed by atoms with E-state index in [9.17, 15) is 9.59 Å². The third kappa shape index (κ3) is 21.3. The number of amides is 2. The average Bonchev–Trinajstić information content (AvgIpc) is 2.68. The first-order chi connectivity index (χ1) is 13.9. The van der Waals surface area contributed by atoms with Gasteiger partial charge in [0.25, 0.3) is 0 Å². The highest BCUT2D eigenvalue weighted by Gasteiger charge is 2.04. The van der Waals surface area contributed by atoms with Gasteiger partial charge in [0.2, 0.25) is 11.8 Å². The van der Waals surface area contributed by atoms with Crippen molar-refractivity contribution in [3.8, 4) is 0 Å². The zero-order chi connectivity index (χ0) is 21.7. The molecule has 8 heteroatoms. The van der Waals surface area contributed by atoms with Crippen LogP contribution >= 0.6 is 0 Å². The smallest absolute Gasteiger partial charge is 0.246 e. The van der Waals surface area contributed by atoms with Gasteiger partial charge in [0, 0.05) is 25.6 Å². The van der Waals surface area contributed by atoms with E-state index < -0.39 is 0 Å². The highest BCUT2D eigenvalue weighted by Crippen LogP contribution is 1.96. The molecule has 172 valence electrons. The van der Waals surface area contributed by atoms with Crippen LogP contribution in [0.25, 0.3) is 0 Å². The summed E-state index contributed by atoms with van der Waals surface area (Å²) in [5.41, 5.74) is 0. The van der Waals surface area contributed by atoms with Gasteiger partial charge in [-0.1, -0.05) is 27.7 Å². The Balaban J connectivity index is 3.15. The Morgan fingerprint density at radius 3 is 1.79 bits per heavy atom. The van der Waals surface area contributed by atoms with E-state index in [-0.39, 0.29) is 24.3 Å². The summed E-state index contributed by atoms with van der Waals surface area (Å²) in [4.78, 5) is 22.8. The van der Waals surface area contributed by atoms with Crippen LogP contribution < -0.4 is 10.6 Å². The van der Waals surface area contributed by atoms with Crippen molar-refractivity contribution in [2.24, 2.45) is 11.8 Å².